The summed E-state index contributed by atoms with van der Waals surface area (Å²) in [6.07, 6.45) is 2.71. The van der Waals surface area contributed by atoms with Gasteiger partial charge < -0.3 is 9.97 Å². The number of benzene rings is 1. The quantitative estimate of drug-likeness (QED) is 0.838. The van der Waals surface area contributed by atoms with Crippen LogP contribution in [0.2, 0.25) is 0 Å². The van der Waals surface area contributed by atoms with Gasteiger partial charge in [-0.25, -0.2) is 4.79 Å². The summed E-state index contributed by atoms with van der Waals surface area (Å²) in [6, 6.07) is 6.12. The molecule has 1 fully saturated rings. The van der Waals surface area contributed by atoms with Crippen LogP contribution in [0.3, 0.4) is 0 Å². The molecule has 0 radical (unpaired) electrons. The highest BCUT2D eigenvalue weighted by molar-refractivity contribution is 9.09. The molecule has 1 aromatic heterocycles. The lowest BCUT2D eigenvalue weighted by molar-refractivity contribution is 0.503. The number of imidazole rings is 1. The molecule has 2 aromatic rings. The average molecular weight is 295 g/mol. The molecule has 4 heteroatoms. The van der Waals surface area contributed by atoms with Gasteiger partial charge in [0.1, 0.15) is 0 Å². The van der Waals surface area contributed by atoms with E-state index >= 15 is 0 Å². The number of alkyl halides is 1. The van der Waals surface area contributed by atoms with Gasteiger partial charge in [-0.05, 0) is 42.4 Å². The monoisotopic (exact) mass is 294 g/mol. The first-order valence-electron chi connectivity index (χ1n) is 6.01. The van der Waals surface area contributed by atoms with Crippen molar-refractivity contribution in [2.45, 2.75) is 24.6 Å². The Kier molecular flexibility index (Phi) is 2.62. The standard InChI is InChI=1S/C13H15BrN2O/c1-7(8-2-3-8)12(14)9-4-5-10-11(6-9)16-13(17)15-10/h4-8,12H,2-3H2,1H3,(H2,15,16,17). The summed E-state index contributed by atoms with van der Waals surface area (Å²) in [5, 5.41) is 0. The summed E-state index contributed by atoms with van der Waals surface area (Å²) in [7, 11) is 0. The Morgan fingerprint density at radius 3 is 2.71 bits per heavy atom. The minimum absolute atomic E-state index is 0.140. The van der Waals surface area contributed by atoms with Crippen molar-refractivity contribution in [2.24, 2.45) is 11.8 Å². The number of hydrogen-bond acceptors (Lipinski definition) is 1. The highest BCUT2D eigenvalue weighted by Gasteiger charge is 2.32. The molecule has 2 N–H and O–H groups in total. The Labute approximate surface area is 108 Å². The van der Waals surface area contributed by atoms with Crippen LogP contribution in [0.1, 0.15) is 30.2 Å². The van der Waals surface area contributed by atoms with Crippen molar-refractivity contribution >= 4 is 27.0 Å². The minimum Gasteiger partial charge on any atom is -0.306 e. The van der Waals surface area contributed by atoms with Crippen LogP contribution in [0.15, 0.2) is 23.0 Å². The van der Waals surface area contributed by atoms with E-state index in [0.717, 1.165) is 17.0 Å². The smallest absolute Gasteiger partial charge is 0.306 e. The molecule has 1 saturated carbocycles. The molecule has 0 amide bonds. The molecular formula is C13H15BrN2O. The maximum Gasteiger partial charge on any atom is 0.323 e. The normalized spacial score (nSPS) is 19.4. The van der Waals surface area contributed by atoms with Gasteiger partial charge in [0.05, 0.1) is 11.0 Å². The molecule has 1 heterocycles. The molecule has 1 aliphatic rings. The van der Waals surface area contributed by atoms with Crippen molar-refractivity contribution in [1.82, 2.24) is 9.97 Å². The van der Waals surface area contributed by atoms with E-state index in [1.165, 1.54) is 18.4 Å². The molecule has 2 unspecified atom stereocenters. The third kappa shape index (κ3) is 2.06. The first-order chi connectivity index (χ1) is 8.15. The number of aromatic amines is 2. The zero-order chi connectivity index (χ0) is 12.0. The Morgan fingerprint density at radius 2 is 2.00 bits per heavy atom. The summed E-state index contributed by atoms with van der Waals surface area (Å²) in [6.45, 7) is 2.29. The molecule has 90 valence electrons. The number of hydrogen-bond donors (Lipinski definition) is 2. The molecule has 0 saturated heterocycles. The van der Waals surface area contributed by atoms with Gasteiger partial charge in [0.15, 0.2) is 0 Å². The highest BCUT2D eigenvalue weighted by atomic mass is 79.9. The van der Waals surface area contributed by atoms with Crippen molar-refractivity contribution in [3.05, 3.63) is 34.2 Å². The second-order valence-corrected chi connectivity index (χ2v) is 5.97. The van der Waals surface area contributed by atoms with Crippen LogP contribution in [0.4, 0.5) is 0 Å². The van der Waals surface area contributed by atoms with Crippen LogP contribution in [-0.4, -0.2) is 9.97 Å². The first kappa shape index (κ1) is 11.1. The average Bonchev–Trinajstić information content (AvgIpc) is 3.08. The van der Waals surface area contributed by atoms with Crippen molar-refractivity contribution in [1.29, 1.82) is 0 Å². The fourth-order valence-corrected chi connectivity index (χ4v) is 3.10. The molecule has 3 nitrogen and oxygen atoms in total. The first-order valence-corrected chi connectivity index (χ1v) is 6.93. The number of H-pyrrole nitrogens is 2. The fourth-order valence-electron chi connectivity index (χ4n) is 2.39. The third-order valence-corrected chi connectivity index (χ3v) is 5.05. The lowest BCUT2D eigenvalue weighted by Crippen LogP contribution is -2.05. The summed E-state index contributed by atoms with van der Waals surface area (Å²) >= 11 is 3.78. The predicted molar refractivity (Wildman–Crippen MR) is 72.5 cm³/mol. The maximum atomic E-state index is 11.2. The lowest BCUT2D eigenvalue weighted by Gasteiger charge is -2.18. The van der Waals surface area contributed by atoms with Gasteiger partial charge in [0.2, 0.25) is 0 Å². The molecular weight excluding hydrogens is 280 g/mol. The molecule has 2 atom stereocenters. The Bertz CT molecular complexity index is 597. The Morgan fingerprint density at radius 1 is 1.29 bits per heavy atom. The summed E-state index contributed by atoms with van der Waals surface area (Å²) in [4.78, 5) is 17.1. The lowest BCUT2D eigenvalue weighted by atomic mass is 9.96. The SMILES string of the molecule is CC(C1CC1)C(Br)c1ccc2[nH]c(=O)[nH]c2c1. The van der Waals surface area contributed by atoms with Crippen LogP contribution in [0.5, 0.6) is 0 Å². The van der Waals surface area contributed by atoms with Crippen molar-refractivity contribution in [2.75, 3.05) is 0 Å². The Hall–Kier alpha value is -1.03. The van der Waals surface area contributed by atoms with E-state index in [2.05, 4.69) is 45.0 Å². The van der Waals surface area contributed by atoms with E-state index in [1.807, 2.05) is 6.07 Å². The molecule has 0 aliphatic heterocycles. The van der Waals surface area contributed by atoms with Crippen LogP contribution in [0, 0.1) is 11.8 Å². The van der Waals surface area contributed by atoms with E-state index < -0.39 is 0 Å². The molecule has 0 spiro atoms. The fraction of sp³-hybridized carbons (Fsp3) is 0.462. The van der Waals surface area contributed by atoms with Crippen LogP contribution >= 0.6 is 15.9 Å². The predicted octanol–water partition coefficient (Wildman–Crippen LogP) is 3.34. The number of halogens is 1. The largest absolute Gasteiger partial charge is 0.323 e. The number of fused-ring (bicyclic) bond motifs is 1. The van der Waals surface area contributed by atoms with Gasteiger partial charge in [-0.2, -0.15) is 0 Å². The molecule has 3 rings (SSSR count). The van der Waals surface area contributed by atoms with Gasteiger partial charge in [-0.1, -0.05) is 28.9 Å². The minimum atomic E-state index is -0.140. The second-order valence-electron chi connectivity index (χ2n) is 4.98. The van der Waals surface area contributed by atoms with Crippen LogP contribution < -0.4 is 5.69 Å². The van der Waals surface area contributed by atoms with Crippen molar-refractivity contribution in [3.8, 4) is 0 Å². The summed E-state index contributed by atoms with van der Waals surface area (Å²) in [5.74, 6) is 1.51. The number of aromatic nitrogens is 2. The van der Waals surface area contributed by atoms with Gasteiger partial charge in [0, 0.05) is 4.83 Å². The van der Waals surface area contributed by atoms with Crippen molar-refractivity contribution in [3.63, 3.8) is 0 Å². The summed E-state index contributed by atoms with van der Waals surface area (Å²) in [5.41, 5.74) is 2.86. The van der Waals surface area contributed by atoms with E-state index in [1.54, 1.807) is 0 Å². The van der Waals surface area contributed by atoms with Gasteiger partial charge in [-0.3, -0.25) is 0 Å². The maximum absolute atomic E-state index is 11.2. The number of rotatable bonds is 3. The molecule has 1 aromatic carbocycles. The second kappa shape index (κ2) is 4.02. The topological polar surface area (TPSA) is 48.6 Å². The highest BCUT2D eigenvalue weighted by Crippen LogP contribution is 2.46. The van der Waals surface area contributed by atoms with E-state index in [0.29, 0.717) is 10.7 Å². The molecule has 0 bridgehead atoms. The van der Waals surface area contributed by atoms with E-state index in [-0.39, 0.29) is 5.69 Å². The Balaban J connectivity index is 1.96. The summed E-state index contributed by atoms with van der Waals surface area (Å²) < 4.78 is 0. The van der Waals surface area contributed by atoms with Crippen molar-refractivity contribution < 1.29 is 0 Å². The van der Waals surface area contributed by atoms with Crippen LogP contribution in [-0.2, 0) is 0 Å². The van der Waals surface area contributed by atoms with E-state index in [4.69, 9.17) is 0 Å². The number of nitrogens with one attached hydrogen (secondary N) is 2. The third-order valence-electron chi connectivity index (χ3n) is 3.69. The molecule has 17 heavy (non-hydrogen) atoms. The van der Waals surface area contributed by atoms with Gasteiger partial charge in [-0.15, -0.1) is 0 Å². The zero-order valence-corrected chi connectivity index (χ0v) is 11.3. The molecule has 1 aliphatic carbocycles. The zero-order valence-electron chi connectivity index (χ0n) is 9.66. The van der Waals surface area contributed by atoms with Gasteiger partial charge in [0.25, 0.3) is 0 Å². The van der Waals surface area contributed by atoms with E-state index in [9.17, 15) is 4.79 Å². The van der Waals surface area contributed by atoms with Crippen LogP contribution in [0.25, 0.3) is 11.0 Å². The van der Waals surface area contributed by atoms with Gasteiger partial charge >= 0.3 is 5.69 Å².